The number of rotatable bonds is 0. The summed E-state index contributed by atoms with van der Waals surface area (Å²) in [6.07, 6.45) is 3.08. The summed E-state index contributed by atoms with van der Waals surface area (Å²) < 4.78 is 10.7. The van der Waals surface area contributed by atoms with E-state index in [4.69, 9.17) is 9.47 Å². The quantitative estimate of drug-likeness (QED) is 0.626. The zero-order valence-electron chi connectivity index (χ0n) is 7.44. The molecule has 0 radical (unpaired) electrons. The molecule has 3 rings (SSSR count). The van der Waals surface area contributed by atoms with Crippen LogP contribution < -0.4 is 9.47 Å². The Bertz CT molecular complexity index is 468. The molecule has 14 heavy (non-hydrogen) atoms. The summed E-state index contributed by atoms with van der Waals surface area (Å²) in [6.45, 7) is 0. The SMILES string of the molecule is C1=COc2cc3ccccc3cc2O1. The zero-order valence-corrected chi connectivity index (χ0v) is 7.44. The van der Waals surface area contributed by atoms with Crippen LogP contribution in [0.5, 0.6) is 11.5 Å². The van der Waals surface area contributed by atoms with E-state index < -0.39 is 0 Å². The standard InChI is InChI=1S/C12H8O2/c1-2-4-10-8-12-11(7-9(10)3-1)13-5-6-14-12/h1-8H. The van der Waals surface area contributed by atoms with Crippen LogP contribution in [0.25, 0.3) is 10.8 Å². The van der Waals surface area contributed by atoms with Gasteiger partial charge in [0.15, 0.2) is 11.5 Å². The predicted molar refractivity (Wildman–Crippen MR) is 54.3 cm³/mol. The third-order valence-corrected chi connectivity index (χ3v) is 2.26. The molecule has 68 valence electrons. The Morgan fingerprint density at radius 2 is 1.21 bits per heavy atom. The molecular weight excluding hydrogens is 176 g/mol. The molecule has 2 aromatic carbocycles. The first-order valence-electron chi connectivity index (χ1n) is 4.45. The molecular formula is C12H8O2. The third-order valence-electron chi connectivity index (χ3n) is 2.26. The first kappa shape index (κ1) is 7.44. The van der Waals surface area contributed by atoms with Gasteiger partial charge in [0, 0.05) is 0 Å². The second-order valence-electron chi connectivity index (χ2n) is 3.15. The number of hydrogen-bond donors (Lipinski definition) is 0. The second kappa shape index (κ2) is 2.77. The van der Waals surface area contributed by atoms with Crippen LogP contribution in [0.2, 0.25) is 0 Å². The van der Waals surface area contributed by atoms with Crippen molar-refractivity contribution in [2.45, 2.75) is 0 Å². The van der Waals surface area contributed by atoms with Gasteiger partial charge in [0.2, 0.25) is 0 Å². The number of fused-ring (bicyclic) bond motifs is 2. The molecule has 0 saturated carbocycles. The van der Waals surface area contributed by atoms with E-state index in [9.17, 15) is 0 Å². The molecule has 2 aromatic rings. The first-order chi connectivity index (χ1) is 6.93. The maximum absolute atomic E-state index is 5.33. The fourth-order valence-electron chi connectivity index (χ4n) is 1.58. The van der Waals surface area contributed by atoms with Crippen molar-refractivity contribution >= 4 is 10.8 Å². The molecule has 0 N–H and O–H groups in total. The highest BCUT2D eigenvalue weighted by Crippen LogP contribution is 2.34. The lowest BCUT2D eigenvalue weighted by Gasteiger charge is -2.12. The smallest absolute Gasteiger partial charge is 0.169 e. The van der Waals surface area contributed by atoms with Crippen LogP contribution in [0.3, 0.4) is 0 Å². The van der Waals surface area contributed by atoms with Gasteiger partial charge in [-0.05, 0) is 22.9 Å². The average Bonchev–Trinajstić information content (AvgIpc) is 2.26. The lowest BCUT2D eigenvalue weighted by atomic mass is 10.1. The minimum atomic E-state index is 0.770. The van der Waals surface area contributed by atoms with Gasteiger partial charge in [0.1, 0.15) is 12.5 Å². The molecule has 0 spiro atoms. The van der Waals surface area contributed by atoms with Gasteiger partial charge in [-0.15, -0.1) is 0 Å². The van der Waals surface area contributed by atoms with Crippen LogP contribution in [0, 0.1) is 0 Å². The van der Waals surface area contributed by atoms with Crippen molar-refractivity contribution in [2.24, 2.45) is 0 Å². The molecule has 2 nitrogen and oxygen atoms in total. The van der Waals surface area contributed by atoms with E-state index in [1.54, 1.807) is 0 Å². The van der Waals surface area contributed by atoms with Crippen molar-refractivity contribution in [1.29, 1.82) is 0 Å². The van der Waals surface area contributed by atoms with Gasteiger partial charge in [0.25, 0.3) is 0 Å². The highest BCUT2D eigenvalue weighted by Gasteiger charge is 2.08. The molecule has 0 unspecified atom stereocenters. The Labute approximate surface area is 81.4 Å². The van der Waals surface area contributed by atoms with Crippen LogP contribution in [-0.4, -0.2) is 0 Å². The Balaban J connectivity index is 2.30. The molecule has 0 atom stereocenters. The number of hydrogen-bond acceptors (Lipinski definition) is 2. The van der Waals surface area contributed by atoms with E-state index in [0.29, 0.717) is 0 Å². The molecule has 1 heterocycles. The van der Waals surface area contributed by atoms with Crippen molar-refractivity contribution in [3.63, 3.8) is 0 Å². The van der Waals surface area contributed by atoms with Crippen molar-refractivity contribution in [3.05, 3.63) is 48.9 Å². The van der Waals surface area contributed by atoms with E-state index in [2.05, 4.69) is 12.1 Å². The van der Waals surface area contributed by atoms with Crippen molar-refractivity contribution in [2.75, 3.05) is 0 Å². The molecule has 0 aromatic heterocycles. The van der Waals surface area contributed by atoms with Gasteiger partial charge in [-0.2, -0.15) is 0 Å². The summed E-state index contributed by atoms with van der Waals surface area (Å²) in [5.74, 6) is 1.54. The third kappa shape index (κ3) is 1.04. The van der Waals surface area contributed by atoms with Gasteiger partial charge in [-0.25, -0.2) is 0 Å². The Kier molecular flexibility index (Phi) is 1.47. The van der Waals surface area contributed by atoms with Gasteiger partial charge >= 0.3 is 0 Å². The van der Waals surface area contributed by atoms with E-state index in [1.165, 1.54) is 12.5 Å². The largest absolute Gasteiger partial charge is 0.458 e. The topological polar surface area (TPSA) is 18.5 Å². The zero-order chi connectivity index (χ0) is 9.38. The number of ether oxygens (including phenoxy) is 2. The van der Waals surface area contributed by atoms with Gasteiger partial charge in [0.05, 0.1) is 0 Å². The molecule has 1 aliphatic heterocycles. The summed E-state index contributed by atoms with van der Waals surface area (Å²) in [4.78, 5) is 0. The summed E-state index contributed by atoms with van der Waals surface area (Å²) in [5.41, 5.74) is 0. The molecule has 0 saturated heterocycles. The fourth-order valence-corrected chi connectivity index (χ4v) is 1.58. The van der Waals surface area contributed by atoms with E-state index in [0.717, 1.165) is 22.3 Å². The van der Waals surface area contributed by atoms with Crippen molar-refractivity contribution in [3.8, 4) is 11.5 Å². The maximum Gasteiger partial charge on any atom is 0.169 e. The van der Waals surface area contributed by atoms with E-state index >= 15 is 0 Å². The van der Waals surface area contributed by atoms with Crippen LogP contribution in [0.1, 0.15) is 0 Å². The summed E-state index contributed by atoms with van der Waals surface area (Å²) >= 11 is 0. The molecule has 0 amide bonds. The van der Waals surface area contributed by atoms with E-state index in [1.807, 2.05) is 24.3 Å². The van der Waals surface area contributed by atoms with E-state index in [-0.39, 0.29) is 0 Å². The normalized spacial score (nSPS) is 13.1. The molecule has 2 heteroatoms. The summed E-state index contributed by atoms with van der Waals surface area (Å²) in [5, 5.41) is 2.32. The van der Waals surface area contributed by atoms with Gasteiger partial charge < -0.3 is 9.47 Å². The minimum absolute atomic E-state index is 0.770. The molecule has 1 aliphatic rings. The highest BCUT2D eigenvalue weighted by molar-refractivity contribution is 5.86. The summed E-state index contributed by atoms with van der Waals surface area (Å²) in [6, 6.07) is 12.1. The molecule has 0 aliphatic carbocycles. The highest BCUT2D eigenvalue weighted by atomic mass is 16.5. The van der Waals surface area contributed by atoms with Gasteiger partial charge in [-0.1, -0.05) is 24.3 Å². The lowest BCUT2D eigenvalue weighted by molar-refractivity contribution is 0.362. The Morgan fingerprint density at radius 3 is 1.71 bits per heavy atom. The van der Waals surface area contributed by atoms with Crippen LogP contribution >= 0.6 is 0 Å². The minimum Gasteiger partial charge on any atom is -0.458 e. The van der Waals surface area contributed by atoms with Gasteiger partial charge in [-0.3, -0.25) is 0 Å². The van der Waals surface area contributed by atoms with Crippen LogP contribution in [-0.2, 0) is 0 Å². The predicted octanol–water partition coefficient (Wildman–Crippen LogP) is 3.08. The first-order valence-corrected chi connectivity index (χ1v) is 4.45. The Morgan fingerprint density at radius 1 is 0.714 bits per heavy atom. The second-order valence-corrected chi connectivity index (χ2v) is 3.15. The number of benzene rings is 2. The average molecular weight is 184 g/mol. The molecule has 0 fully saturated rings. The van der Waals surface area contributed by atoms with Crippen molar-refractivity contribution in [1.82, 2.24) is 0 Å². The summed E-state index contributed by atoms with van der Waals surface area (Å²) in [7, 11) is 0. The fraction of sp³-hybridized carbons (Fsp3) is 0. The van der Waals surface area contributed by atoms with Crippen LogP contribution in [0.15, 0.2) is 48.9 Å². The molecule has 0 bridgehead atoms. The maximum atomic E-state index is 5.33. The lowest BCUT2D eigenvalue weighted by Crippen LogP contribution is -1.95. The Hall–Kier alpha value is -1.96. The monoisotopic (exact) mass is 184 g/mol. The van der Waals surface area contributed by atoms with Crippen molar-refractivity contribution < 1.29 is 9.47 Å². The van der Waals surface area contributed by atoms with Crippen LogP contribution in [0.4, 0.5) is 0 Å².